The third-order valence-electron chi connectivity index (χ3n) is 2.86. The van der Waals surface area contributed by atoms with Gasteiger partial charge in [-0.3, -0.25) is 9.69 Å². The fraction of sp³-hybridized carbons (Fsp3) is 0.538. The van der Waals surface area contributed by atoms with Gasteiger partial charge in [-0.1, -0.05) is 0 Å². The highest BCUT2D eigenvalue weighted by Crippen LogP contribution is 2.43. The molecule has 0 bridgehead atoms. The predicted octanol–water partition coefficient (Wildman–Crippen LogP) is -0.969. The van der Waals surface area contributed by atoms with E-state index in [9.17, 15) is 24.2 Å². The molecule has 9 heteroatoms. The Balaban J connectivity index is 2.73. The molecule has 1 aromatic heterocycles. The third kappa shape index (κ3) is 5.63. The summed E-state index contributed by atoms with van der Waals surface area (Å²) in [5.74, 6) is -2.04. The monoisotopic (exact) mass is 331 g/mol. The summed E-state index contributed by atoms with van der Waals surface area (Å²) in [6.45, 7) is 1.56. The highest BCUT2D eigenvalue weighted by Gasteiger charge is 2.27. The average molecular weight is 331 g/mol. The third-order valence-corrected chi connectivity index (χ3v) is 5.08. The van der Waals surface area contributed by atoms with Crippen LogP contribution in [0.4, 0.5) is 0 Å². The molecule has 0 saturated carbocycles. The Bertz CT molecular complexity index is 543. The number of carbonyl (C=O) groups is 2. The number of hydrogen-bond acceptors (Lipinski definition) is 8. The molecule has 2 unspecified atom stereocenters. The molecule has 0 spiro atoms. The second kappa shape index (κ2) is 8.12. The van der Waals surface area contributed by atoms with Gasteiger partial charge in [0.15, 0.2) is 0 Å². The van der Waals surface area contributed by atoms with Crippen LogP contribution in [0.2, 0.25) is 0 Å². The van der Waals surface area contributed by atoms with Gasteiger partial charge >= 0.3 is 5.97 Å². The van der Waals surface area contributed by atoms with Crippen LogP contribution in [0, 0.1) is 0 Å². The van der Waals surface area contributed by atoms with E-state index in [4.69, 9.17) is 9.15 Å². The maximum atomic E-state index is 12.2. The van der Waals surface area contributed by atoms with Gasteiger partial charge < -0.3 is 28.5 Å². The molecule has 124 valence electrons. The molecule has 0 fully saturated rings. The van der Waals surface area contributed by atoms with E-state index in [1.165, 1.54) is 30.3 Å². The first-order chi connectivity index (χ1) is 10.3. The number of likely N-dealkylation sites (N-methyl/N-ethyl adjacent to an activating group) is 1. The molecule has 1 rings (SSSR count). The largest absolute Gasteiger partial charge is 0.798 e. The van der Waals surface area contributed by atoms with Crippen molar-refractivity contribution < 1.29 is 33.3 Å². The van der Waals surface area contributed by atoms with Crippen molar-refractivity contribution in [2.24, 2.45) is 0 Å². The molecule has 0 N–H and O–H groups in total. The average Bonchev–Trinajstić information content (AvgIpc) is 2.87. The lowest BCUT2D eigenvalue weighted by Crippen LogP contribution is -2.42. The SMILES string of the molecule is CCOC(=O)CN(C)CP(=O)([O-])C(Cc1ccco1)C(=O)[O-]. The van der Waals surface area contributed by atoms with Crippen LogP contribution in [0.5, 0.6) is 0 Å². The number of carboxylic acid groups (broad SMARTS) is 1. The van der Waals surface area contributed by atoms with Gasteiger partial charge in [0.2, 0.25) is 0 Å². The molecule has 0 aromatic carbocycles. The van der Waals surface area contributed by atoms with Crippen molar-refractivity contribution in [3.8, 4) is 0 Å². The summed E-state index contributed by atoms with van der Waals surface area (Å²) in [5.41, 5.74) is -1.72. The van der Waals surface area contributed by atoms with Gasteiger partial charge in [0.1, 0.15) is 5.76 Å². The topological polar surface area (TPSA) is 123 Å². The van der Waals surface area contributed by atoms with E-state index in [0.29, 0.717) is 0 Å². The van der Waals surface area contributed by atoms with Crippen LogP contribution in [-0.2, 0) is 25.3 Å². The van der Waals surface area contributed by atoms with Gasteiger partial charge in [-0.05, 0) is 26.1 Å². The number of esters is 1. The van der Waals surface area contributed by atoms with Gasteiger partial charge in [0.05, 0.1) is 25.4 Å². The lowest BCUT2D eigenvalue weighted by Gasteiger charge is -2.35. The molecule has 8 nitrogen and oxygen atoms in total. The van der Waals surface area contributed by atoms with E-state index < -0.39 is 31.3 Å². The summed E-state index contributed by atoms with van der Waals surface area (Å²) in [5, 5.41) is 11.1. The maximum absolute atomic E-state index is 12.2. The molecule has 2 atom stereocenters. The zero-order chi connectivity index (χ0) is 16.8. The highest BCUT2D eigenvalue weighted by molar-refractivity contribution is 7.58. The smallest absolute Gasteiger partial charge is 0.320 e. The minimum absolute atomic E-state index is 0.182. The maximum Gasteiger partial charge on any atom is 0.320 e. The van der Waals surface area contributed by atoms with Crippen LogP contribution >= 0.6 is 7.37 Å². The second-order valence-corrected chi connectivity index (χ2v) is 7.16. The van der Waals surface area contributed by atoms with Gasteiger partial charge in [0, 0.05) is 25.7 Å². The zero-order valence-corrected chi connectivity index (χ0v) is 13.3. The number of hydrogen-bond donors (Lipinski definition) is 0. The molecular formula is C13H18NO7P-2. The van der Waals surface area contributed by atoms with Crippen molar-refractivity contribution in [2.75, 3.05) is 26.5 Å². The van der Waals surface area contributed by atoms with Gasteiger partial charge in [-0.2, -0.15) is 0 Å². The normalized spacial score (nSPS) is 15.3. The Morgan fingerprint density at radius 2 is 2.18 bits per heavy atom. The molecule has 0 saturated heterocycles. The molecule has 0 amide bonds. The van der Waals surface area contributed by atoms with Crippen LogP contribution < -0.4 is 10.00 Å². The quantitative estimate of drug-likeness (QED) is 0.418. The highest BCUT2D eigenvalue weighted by atomic mass is 31.2. The number of furan rings is 1. The first-order valence-electron chi connectivity index (χ1n) is 6.63. The molecule has 0 aliphatic rings. The van der Waals surface area contributed by atoms with Crippen molar-refractivity contribution in [1.29, 1.82) is 0 Å². The fourth-order valence-electron chi connectivity index (χ4n) is 1.91. The number of carboxylic acids is 1. The molecule has 22 heavy (non-hydrogen) atoms. The van der Waals surface area contributed by atoms with Gasteiger partial charge in [-0.15, -0.1) is 0 Å². The van der Waals surface area contributed by atoms with Crippen LogP contribution in [-0.4, -0.2) is 49.0 Å². The minimum atomic E-state index is -4.39. The number of carbonyl (C=O) groups excluding carboxylic acids is 2. The van der Waals surface area contributed by atoms with Crippen LogP contribution in [0.1, 0.15) is 12.7 Å². The van der Waals surface area contributed by atoms with Crippen LogP contribution in [0.3, 0.4) is 0 Å². The van der Waals surface area contributed by atoms with Gasteiger partial charge in [0.25, 0.3) is 0 Å². The Hall–Kier alpha value is -1.63. The Labute approximate surface area is 128 Å². The Morgan fingerprint density at radius 1 is 1.50 bits per heavy atom. The minimum Gasteiger partial charge on any atom is -0.798 e. The van der Waals surface area contributed by atoms with E-state index in [-0.39, 0.29) is 25.3 Å². The van der Waals surface area contributed by atoms with Crippen molar-refractivity contribution >= 4 is 19.3 Å². The predicted molar refractivity (Wildman–Crippen MR) is 72.9 cm³/mol. The molecular weight excluding hydrogens is 313 g/mol. The first-order valence-corrected chi connectivity index (χ1v) is 8.51. The first kappa shape index (κ1) is 18.4. The molecule has 0 aliphatic carbocycles. The summed E-state index contributed by atoms with van der Waals surface area (Å²) < 4.78 is 21.9. The van der Waals surface area contributed by atoms with Crippen molar-refractivity contribution in [2.45, 2.75) is 19.0 Å². The van der Waals surface area contributed by atoms with Crippen LogP contribution in [0.15, 0.2) is 22.8 Å². The summed E-state index contributed by atoms with van der Waals surface area (Å²) >= 11 is 0. The standard InChI is InChI=1S/C13H20NO7P/c1-3-20-12(15)8-14(2)9-22(18,19)11(13(16)17)7-10-5-4-6-21-10/h4-6,11H,3,7-9H2,1-2H3,(H,16,17)(H,18,19)/p-2. The Kier molecular flexibility index (Phi) is 6.80. The zero-order valence-electron chi connectivity index (χ0n) is 12.4. The number of rotatable bonds is 9. The van der Waals surface area contributed by atoms with E-state index in [2.05, 4.69) is 0 Å². The number of aliphatic carboxylic acids is 1. The summed E-state index contributed by atoms with van der Waals surface area (Å²) in [6, 6.07) is 3.02. The lowest BCUT2D eigenvalue weighted by atomic mass is 10.2. The second-order valence-electron chi connectivity index (χ2n) is 4.81. The summed E-state index contributed by atoms with van der Waals surface area (Å²) in [7, 11) is -3.00. The number of ether oxygens (including phenoxy) is 1. The molecule has 1 heterocycles. The lowest BCUT2D eigenvalue weighted by molar-refractivity contribution is -0.306. The van der Waals surface area contributed by atoms with Crippen molar-refractivity contribution in [3.05, 3.63) is 24.2 Å². The summed E-state index contributed by atoms with van der Waals surface area (Å²) in [6.07, 6.45) is 0.429. The number of nitrogens with zero attached hydrogens (tertiary/aromatic N) is 1. The van der Waals surface area contributed by atoms with Crippen LogP contribution in [0.25, 0.3) is 0 Å². The molecule has 0 aliphatic heterocycles. The summed E-state index contributed by atoms with van der Waals surface area (Å²) in [4.78, 5) is 35.8. The molecule has 1 aromatic rings. The van der Waals surface area contributed by atoms with E-state index in [1.54, 1.807) is 6.92 Å². The van der Waals surface area contributed by atoms with Crippen molar-refractivity contribution in [1.82, 2.24) is 4.90 Å². The van der Waals surface area contributed by atoms with E-state index in [1.807, 2.05) is 0 Å². The molecule has 0 radical (unpaired) electrons. The van der Waals surface area contributed by atoms with E-state index >= 15 is 0 Å². The Morgan fingerprint density at radius 3 is 2.68 bits per heavy atom. The van der Waals surface area contributed by atoms with Crippen molar-refractivity contribution in [3.63, 3.8) is 0 Å². The van der Waals surface area contributed by atoms with Gasteiger partial charge in [-0.25, -0.2) is 0 Å². The fourth-order valence-corrected chi connectivity index (χ4v) is 3.66. The van der Waals surface area contributed by atoms with E-state index in [0.717, 1.165) is 0 Å².